The van der Waals surface area contributed by atoms with Gasteiger partial charge in [-0.2, -0.15) is 0 Å². The second-order valence-corrected chi connectivity index (χ2v) is 5.88. The van der Waals surface area contributed by atoms with E-state index in [1.54, 1.807) is 0 Å². The van der Waals surface area contributed by atoms with Crippen LogP contribution < -0.4 is 0 Å². The van der Waals surface area contributed by atoms with Crippen LogP contribution >= 0.6 is 23.8 Å². The predicted octanol–water partition coefficient (Wildman–Crippen LogP) is 5.79. The fraction of sp³-hybridized carbons (Fsp3) is 0.0526. The van der Waals surface area contributed by atoms with Crippen molar-refractivity contribution in [3.05, 3.63) is 83.1 Å². The fourth-order valence-electron chi connectivity index (χ4n) is 2.43. The summed E-state index contributed by atoms with van der Waals surface area (Å²) < 4.78 is 2.52. The monoisotopic (exact) mass is 338 g/mol. The van der Waals surface area contributed by atoms with Gasteiger partial charge in [-0.3, -0.25) is 0 Å². The van der Waals surface area contributed by atoms with Crippen molar-refractivity contribution in [2.24, 2.45) is 0 Å². The SMILES string of the molecule is C=CCn1c(-c2ccccc2)cc(-c2ccc(Cl)cc2)nc1=S. The van der Waals surface area contributed by atoms with Gasteiger partial charge in [-0.1, -0.05) is 60.1 Å². The molecule has 0 radical (unpaired) electrons. The molecule has 0 N–H and O–H groups in total. The molecule has 0 aliphatic carbocycles. The Morgan fingerprint density at radius 2 is 1.74 bits per heavy atom. The molecule has 0 aliphatic heterocycles. The molecule has 0 bridgehead atoms. The zero-order valence-corrected chi connectivity index (χ0v) is 14.0. The Kier molecular flexibility index (Phi) is 4.70. The molecular weight excluding hydrogens is 324 g/mol. The minimum Gasteiger partial charge on any atom is -0.313 e. The van der Waals surface area contributed by atoms with Crippen molar-refractivity contribution < 1.29 is 0 Å². The van der Waals surface area contributed by atoms with Crippen molar-refractivity contribution in [3.8, 4) is 22.5 Å². The third-order valence-electron chi connectivity index (χ3n) is 3.53. The van der Waals surface area contributed by atoms with Gasteiger partial charge in [0.15, 0.2) is 0 Å². The molecule has 23 heavy (non-hydrogen) atoms. The summed E-state index contributed by atoms with van der Waals surface area (Å²) in [6, 6.07) is 19.8. The molecule has 0 saturated carbocycles. The summed E-state index contributed by atoms with van der Waals surface area (Å²) in [5, 5.41) is 0.702. The third-order valence-corrected chi connectivity index (χ3v) is 4.10. The Hall–Kier alpha value is -2.23. The van der Waals surface area contributed by atoms with Crippen molar-refractivity contribution >= 4 is 23.8 Å². The summed E-state index contributed by atoms with van der Waals surface area (Å²) in [6.45, 7) is 4.43. The van der Waals surface area contributed by atoms with Crippen LogP contribution in [-0.2, 0) is 6.54 Å². The van der Waals surface area contributed by atoms with Crippen LogP contribution in [0.15, 0.2) is 73.3 Å². The van der Waals surface area contributed by atoms with Crippen LogP contribution in [0.1, 0.15) is 0 Å². The van der Waals surface area contributed by atoms with E-state index in [-0.39, 0.29) is 0 Å². The maximum Gasteiger partial charge on any atom is 0.200 e. The van der Waals surface area contributed by atoms with E-state index in [1.165, 1.54) is 0 Å². The number of rotatable bonds is 4. The molecular formula is C19H15ClN2S. The molecule has 1 heterocycles. The molecule has 0 fully saturated rings. The smallest absolute Gasteiger partial charge is 0.200 e. The number of aromatic nitrogens is 2. The van der Waals surface area contributed by atoms with Gasteiger partial charge in [0, 0.05) is 17.1 Å². The highest BCUT2D eigenvalue weighted by atomic mass is 35.5. The topological polar surface area (TPSA) is 17.8 Å². The minimum absolute atomic E-state index is 0.538. The Morgan fingerprint density at radius 1 is 1.04 bits per heavy atom. The highest BCUT2D eigenvalue weighted by Gasteiger charge is 2.09. The summed E-state index contributed by atoms with van der Waals surface area (Å²) in [5.74, 6) is 0. The number of hydrogen-bond acceptors (Lipinski definition) is 2. The van der Waals surface area contributed by atoms with E-state index >= 15 is 0 Å². The molecule has 0 atom stereocenters. The Balaban J connectivity index is 2.21. The third kappa shape index (κ3) is 3.41. The quantitative estimate of drug-likeness (QED) is 0.443. The average molecular weight is 339 g/mol. The van der Waals surface area contributed by atoms with Gasteiger partial charge in [-0.05, 0) is 36.0 Å². The molecule has 3 rings (SSSR count). The Morgan fingerprint density at radius 3 is 2.39 bits per heavy atom. The largest absolute Gasteiger partial charge is 0.313 e. The van der Waals surface area contributed by atoms with E-state index in [9.17, 15) is 0 Å². The van der Waals surface area contributed by atoms with Crippen LogP contribution in [0.4, 0.5) is 0 Å². The molecule has 2 aromatic carbocycles. The number of hydrogen-bond donors (Lipinski definition) is 0. The standard InChI is InChI=1S/C19H15ClN2S/c1-2-12-22-18(15-6-4-3-5-7-15)13-17(21-19(22)23)14-8-10-16(20)11-9-14/h2-11,13H,1,12H2. The van der Waals surface area contributed by atoms with Gasteiger partial charge in [-0.25, -0.2) is 4.98 Å². The zero-order valence-electron chi connectivity index (χ0n) is 12.4. The van der Waals surface area contributed by atoms with Crippen molar-refractivity contribution in [1.82, 2.24) is 9.55 Å². The van der Waals surface area contributed by atoms with E-state index in [4.69, 9.17) is 23.8 Å². The van der Waals surface area contributed by atoms with E-state index in [0.29, 0.717) is 16.3 Å². The van der Waals surface area contributed by atoms with Gasteiger partial charge in [0.1, 0.15) is 0 Å². The predicted molar refractivity (Wildman–Crippen MR) is 99.1 cm³/mol. The molecule has 3 aromatic rings. The lowest BCUT2D eigenvalue weighted by Gasteiger charge is -2.14. The van der Waals surface area contributed by atoms with Gasteiger partial charge in [-0.15, -0.1) is 6.58 Å². The van der Waals surface area contributed by atoms with E-state index in [1.807, 2.05) is 53.1 Å². The lowest BCUT2D eigenvalue weighted by molar-refractivity contribution is 0.782. The fourth-order valence-corrected chi connectivity index (χ4v) is 2.83. The minimum atomic E-state index is 0.538. The summed E-state index contributed by atoms with van der Waals surface area (Å²) in [7, 11) is 0. The highest BCUT2D eigenvalue weighted by Crippen LogP contribution is 2.26. The van der Waals surface area contributed by atoms with Crippen LogP contribution in [0.2, 0.25) is 5.02 Å². The van der Waals surface area contributed by atoms with Crippen molar-refractivity contribution in [2.75, 3.05) is 0 Å². The van der Waals surface area contributed by atoms with Gasteiger partial charge in [0.25, 0.3) is 0 Å². The first-order valence-corrected chi connectivity index (χ1v) is 8.02. The lowest BCUT2D eigenvalue weighted by atomic mass is 10.1. The number of allylic oxidation sites excluding steroid dienone is 1. The Bertz CT molecular complexity index is 883. The summed E-state index contributed by atoms with van der Waals surface area (Å²) in [6.07, 6.45) is 1.83. The van der Waals surface area contributed by atoms with Crippen LogP contribution in [0.25, 0.3) is 22.5 Å². The molecule has 0 unspecified atom stereocenters. The van der Waals surface area contributed by atoms with Gasteiger partial charge in [0.05, 0.1) is 11.4 Å². The maximum atomic E-state index is 5.97. The number of benzene rings is 2. The molecule has 2 nitrogen and oxygen atoms in total. The summed E-state index contributed by atoms with van der Waals surface area (Å²) >= 11 is 11.5. The van der Waals surface area contributed by atoms with Crippen LogP contribution in [0.5, 0.6) is 0 Å². The normalized spacial score (nSPS) is 10.5. The lowest BCUT2D eigenvalue weighted by Crippen LogP contribution is -2.06. The van der Waals surface area contributed by atoms with Crippen LogP contribution in [0, 0.1) is 4.77 Å². The van der Waals surface area contributed by atoms with Gasteiger partial charge >= 0.3 is 0 Å². The van der Waals surface area contributed by atoms with Gasteiger partial charge < -0.3 is 4.57 Å². The summed E-state index contributed by atoms with van der Waals surface area (Å²) in [5.41, 5.74) is 3.95. The highest BCUT2D eigenvalue weighted by molar-refractivity contribution is 7.71. The molecule has 0 saturated heterocycles. The molecule has 0 aliphatic rings. The number of nitrogens with zero attached hydrogens (tertiary/aromatic N) is 2. The van der Waals surface area contributed by atoms with Crippen molar-refractivity contribution in [1.29, 1.82) is 0 Å². The van der Waals surface area contributed by atoms with E-state index in [2.05, 4.69) is 29.8 Å². The first kappa shape index (κ1) is 15.7. The molecule has 1 aromatic heterocycles. The maximum absolute atomic E-state index is 5.97. The van der Waals surface area contributed by atoms with Crippen molar-refractivity contribution in [2.45, 2.75) is 6.54 Å². The summed E-state index contributed by atoms with van der Waals surface area (Å²) in [4.78, 5) is 4.56. The second-order valence-electron chi connectivity index (χ2n) is 5.08. The molecule has 114 valence electrons. The molecule has 4 heteroatoms. The first-order valence-electron chi connectivity index (χ1n) is 7.23. The van der Waals surface area contributed by atoms with E-state index < -0.39 is 0 Å². The zero-order chi connectivity index (χ0) is 16.2. The molecule has 0 amide bonds. The molecule has 0 spiro atoms. The van der Waals surface area contributed by atoms with Crippen LogP contribution in [-0.4, -0.2) is 9.55 Å². The average Bonchev–Trinajstić information content (AvgIpc) is 2.58. The second kappa shape index (κ2) is 6.90. The van der Waals surface area contributed by atoms with Crippen LogP contribution in [0.3, 0.4) is 0 Å². The van der Waals surface area contributed by atoms with E-state index in [0.717, 1.165) is 22.5 Å². The number of halogens is 1. The van der Waals surface area contributed by atoms with Crippen molar-refractivity contribution in [3.63, 3.8) is 0 Å². The Labute approximate surface area is 145 Å². The first-order chi connectivity index (χ1) is 11.2. The van der Waals surface area contributed by atoms with Gasteiger partial charge in [0.2, 0.25) is 4.77 Å².